The Labute approximate surface area is 190 Å². The lowest BCUT2D eigenvalue weighted by Gasteiger charge is -2.37. The lowest BCUT2D eigenvalue weighted by molar-refractivity contribution is 0.0954. The molecule has 0 unspecified atom stereocenters. The van der Waals surface area contributed by atoms with E-state index in [-0.39, 0.29) is 12.5 Å². The molecule has 0 bridgehead atoms. The van der Waals surface area contributed by atoms with Crippen LogP contribution in [0.25, 0.3) is 10.6 Å². The fourth-order valence-corrected chi connectivity index (χ4v) is 4.34. The number of aryl methyl sites for hydroxylation is 1. The van der Waals surface area contributed by atoms with Crippen LogP contribution in [0.2, 0.25) is 0 Å². The molecule has 1 N–H and O–H groups in total. The van der Waals surface area contributed by atoms with E-state index in [1.54, 1.807) is 41.9 Å². The molecule has 8 nitrogen and oxygen atoms in total. The molecule has 0 radical (unpaired) electrons. The van der Waals surface area contributed by atoms with Crippen molar-refractivity contribution in [1.29, 1.82) is 0 Å². The van der Waals surface area contributed by atoms with Crippen molar-refractivity contribution in [3.8, 4) is 10.6 Å². The molecule has 0 saturated carbocycles. The SMILES string of the molecule is COCc1[nH]ncc1C(=O)N(c1ncc(C)c(-c2cccs2)n1)C(C)(C)c1ccncc1. The highest BCUT2D eigenvalue weighted by molar-refractivity contribution is 7.13. The zero-order chi connectivity index (χ0) is 22.7. The Morgan fingerprint density at radius 3 is 2.69 bits per heavy atom. The Kier molecular flexibility index (Phi) is 6.11. The zero-order valence-electron chi connectivity index (χ0n) is 18.4. The van der Waals surface area contributed by atoms with Gasteiger partial charge in [0.1, 0.15) is 0 Å². The summed E-state index contributed by atoms with van der Waals surface area (Å²) in [7, 11) is 1.57. The van der Waals surface area contributed by atoms with Crippen LogP contribution >= 0.6 is 11.3 Å². The highest BCUT2D eigenvalue weighted by Crippen LogP contribution is 2.34. The number of aromatic nitrogens is 5. The molecule has 0 aliphatic rings. The van der Waals surface area contributed by atoms with Crippen molar-refractivity contribution in [1.82, 2.24) is 25.1 Å². The van der Waals surface area contributed by atoms with Crippen LogP contribution < -0.4 is 4.90 Å². The van der Waals surface area contributed by atoms with E-state index in [1.807, 2.05) is 50.4 Å². The second-order valence-electron chi connectivity index (χ2n) is 7.81. The molecule has 164 valence electrons. The van der Waals surface area contributed by atoms with Gasteiger partial charge in [-0.2, -0.15) is 5.10 Å². The summed E-state index contributed by atoms with van der Waals surface area (Å²) in [6.07, 6.45) is 6.69. The molecule has 0 aliphatic carbocycles. The number of ether oxygens (including phenoxy) is 1. The summed E-state index contributed by atoms with van der Waals surface area (Å²) in [6, 6.07) is 7.77. The van der Waals surface area contributed by atoms with Gasteiger partial charge in [0.05, 0.1) is 40.2 Å². The third kappa shape index (κ3) is 4.04. The second-order valence-corrected chi connectivity index (χ2v) is 8.76. The predicted molar refractivity (Wildman–Crippen MR) is 123 cm³/mol. The first kappa shape index (κ1) is 21.8. The van der Waals surface area contributed by atoms with E-state index >= 15 is 0 Å². The Morgan fingerprint density at radius 2 is 2.00 bits per heavy atom. The van der Waals surface area contributed by atoms with Gasteiger partial charge in [-0.3, -0.25) is 19.8 Å². The van der Waals surface area contributed by atoms with Crippen molar-refractivity contribution in [2.45, 2.75) is 32.9 Å². The fourth-order valence-electron chi connectivity index (χ4n) is 3.56. The number of carbonyl (C=O) groups excluding carboxylic acids is 1. The summed E-state index contributed by atoms with van der Waals surface area (Å²) in [5.74, 6) is 0.0453. The topological polar surface area (TPSA) is 96.9 Å². The van der Waals surface area contributed by atoms with Gasteiger partial charge in [0.15, 0.2) is 0 Å². The summed E-state index contributed by atoms with van der Waals surface area (Å²) < 4.78 is 5.24. The number of anilines is 1. The first-order valence-electron chi connectivity index (χ1n) is 10.1. The molecule has 4 aromatic heterocycles. The number of hydrogen-bond acceptors (Lipinski definition) is 7. The molecule has 4 heterocycles. The Hall–Kier alpha value is -3.43. The number of nitrogens with zero attached hydrogens (tertiary/aromatic N) is 5. The van der Waals surface area contributed by atoms with Crippen molar-refractivity contribution in [2.75, 3.05) is 12.0 Å². The van der Waals surface area contributed by atoms with Crippen molar-refractivity contribution in [3.05, 3.63) is 76.8 Å². The van der Waals surface area contributed by atoms with Crippen LogP contribution in [-0.2, 0) is 16.9 Å². The smallest absolute Gasteiger partial charge is 0.264 e. The molecule has 0 fully saturated rings. The average molecular weight is 449 g/mol. The quantitative estimate of drug-likeness (QED) is 0.451. The number of aromatic amines is 1. The predicted octanol–water partition coefficient (Wildman–Crippen LogP) is 4.36. The summed E-state index contributed by atoms with van der Waals surface area (Å²) in [6.45, 7) is 6.13. The Morgan fingerprint density at radius 1 is 1.22 bits per heavy atom. The Balaban J connectivity index is 1.88. The minimum atomic E-state index is -0.774. The normalized spacial score (nSPS) is 11.5. The first-order valence-corrected chi connectivity index (χ1v) is 10.9. The number of hydrogen-bond donors (Lipinski definition) is 1. The molecular weight excluding hydrogens is 424 g/mol. The van der Waals surface area contributed by atoms with Crippen molar-refractivity contribution < 1.29 is 9.53 Å². The zero-order valence-corrected chi connectivity index (χ0v) is 19.2. The summed E-state index contributed by atoms with van der Waals surface area (Å²) in [5.41, 5.74) is 2.88. The lowest BCUT2D eigenvalue weighted by Crippen LogP contribution is -2.47. The summed E-state index contributed by atoms with van der Waals surface area (Å²) in [5, 5.41) is 8.92. The van der Waals surface area contributed by atoms with E-state index in [0.717, 1.165) is 21.7 Å². The third-order valence-electron chi connectivity index (χ3n) is 5.30. The number of methoxy groups -OCH3 is 1. The van der Waals surface area contributed by atoms with Crippen molar-refractivity contribution >= 4 is 23.2 Å². The van der Waals surface area contributed by atoms with E-state index in [2.05, 4.69) is 20.2 Å². The molecule has 0 atom stereocenters. The minimum Gasteiger partial charge on any atom is -0.378 e. The van der Waals surface area contributed by atoms with Gasteiger partial charge in [0.25, 0.3) is 5.91 Å². The van der Waals surface area contributed by atoms with Crippen molar-refractivity contribution in [3.63, 3.8) is 0 Å². The molecule has 1 amide bonds. The maximum Gasteiger partial charge on any atom is 0.264 e. The monoisotopic (exact) mass is 448 g/mol. The molecule has 32 heavy (non-hydrogen) atoms. The van der Waals surface area contributed by atoms with Crippen LogP contribution in [0.3, 0.4) is 0 Å². The highest BCUT2D eigenvalue weighted by atomic mass is 32.1. The van der Waals surface area contributed by atoms with Gasteiger partial charge in [0.2, 0.25) is 5.95 Å². The van der Waals surface area contributed by atoms with E-state index in [4.69, 9.17) is 9.72 Å². The number of nitrogens with one attached hydrogen (secondary N) is 1. The van der Waals surface area contributed by atoms with E-state index < -0.39 is 5.54 Å². The third-order valence-corrected chi connectivity index (χ3v) is 6.18. The van der Waals surface area contributed by atoms with Crippen LogP contribution in [0.5, 0.6) is 0 Å². The molecule has 4 aromatic rings. The van der Waals surface area contributed by atoms with Gasteiger partial charge >= 0.3 is 0 Å². The highest BCUT2D eigenvalue weighted by Gasteiger charge is 2.38. The van der Waals surface area contributed by atoms with Gasteiger partial charge in [-0.25, -0.2) is 9.97 Å². The van der Waals surface area contributed by atoms with Gasteiger partial charge in [-0.1, -0.05) is 6.07 Å². The molecule has 0 aliphatic heterocycles. The molecule has 4 rings (SSSR count). The van der Waals surface area contributed by atoms with Gasteiger partial charge in [-0.05, 0) is 55.5 Å². The van der Waals surface area contributed by atoms with Gasteiger partial charge < -0.3 is 4.74 Å². The number of amides is 1. The maximum absolute atomic E-state index is 13.9. The number of H-pyrrole nitrogens is 1. The molecule has 0 spiro atoms. The largest absolute Gasteiger partial charge is 0.378 e. The molecule has 0 saturated heterocycles. The van der Waals surface area contributed by atoms with Gasteiger partial charge in [0, 0.05) is 25.7 Å². The average Bonchev–Trinajstić information content (AvgIpc) is 3.48. The number of rotatable bonds is 7. The summed E-state index contributed by atoms with van der Waals surface area (Å²) >= 11 is 1.60. The summed E-state index contributed by atoms with van der Waals surface area (Å²) in [4.78, 5) is 30.1. The second kappa shape index (κ2) is 8.97. The first-order chi connectivity index (χ1) is 15.4. The fraction of sp³-hybridized carbons (Fsp3) is 0.261. The number of pyridine rings is 1. The van der Waals surface area contributed by atoms with Crippen LogP contribution in [0.15, 0.2) is 54.4 Å². The molecule has 9 heteroatoms. The van der Waals surface area contributed by atoms with Gasteiger partial charge in [-0.15, -0.1) is 11.3 Å². The van der Waals surface area contributed by atoms with Crippen LogP contribution in [-0.4, -0.2) is 38.2 Å². The minimum absolute atomic E-state index is 0.236. The van der Waals surface area contributed by atoms with E-state index in [9.17, 15) is 4.79 Å². The van der Waals surface area contributed by atoms with E-state index in [0.29, 0.717) is 17.2 Å². The molecule has 0 aromatic carbocycles. The lowest BCUT2D eigenvalue weighted by atomic mass is 9.92. The van der Waals surface area contributed by atoms with E-state index in [1.165, 1.54) is 6.20 Å². The van der Waals surface area contributed by atoms with Crippen LogP contribution in [0.4, 0.5) is 5.95 Å². The van der Waals surface area contributed by atoms with Crippen LogP contribution in [0, 0.1) is 6.92 Å². The molecular formula is C23H24N6O2S. The van der Waals surface area contributed by atoms with Crippen LogP contribution in [0.1, 0.15) is 41.0 Å². The van der Waals surface area contributed by atoms with Crippen molar-refractivity contribution in [2.24, 2.45) is 0 Å². The Bertz CT molecular complexity index is 1200. The number of carbonyl (C=O) groups is 1. The standard InChI is InChI=1S/C23H24N6O2S/c1-15-12-25-22(27-20(15)19-6-5-11-32-19)29(23(2,3)16-7-9-24-10-8-16)21(30)17-13-26-28-18(17)14-31-4/h5-13H,14H2,1-4H3,(H,26,28). The number of thiophene rings is 1. The maximum atomic E-state index is 13.9.